The van der Waals surface area contributed by atoms with E-state index >= 15 is 0 Å². The van der Waals surface area contributed by atoms with Gasteiger partial charge in [0, 0.05) is 34.0 Å². The molecule has 142 valence electrons. The van der Waals surface area contributed by atoms with Crippen LogP contribution in [0, 0.1) is 0 Å². The number of imidazole rings is 1. The lowest BCUT2D eigenvalue weighted by Gasteiger charge is -2.16. The van der Waals surface area contributed by atoms with Crippen molar-refractivity contribution in [1.29, 1.82) is 0 Å². The third-order valence-electron chi connectivity index (χ3n) is 4.11. The molecular formula is C20H15Cl2N3O2S. The SMILES string of the molecule is C[C@@H](Oc1ccc(Cl)cc1Cl)C(=O)Nc1ccc(-c2cn3ccsc3n2)cc1. The van der Waals surface area contributed by atoms with Crippen molar-refractivity contribution in [2.24, 2.45) is 0 Å². The van der Waals surface area contributed by atoms with E-state index in [1.165, 1.54) is 0 Å². The number of aromatic nitrogens is 2. The Morgan fingerprint density at radius 2 is 2.00 bits per heavy atom. The Balaban J connectivity index is 1.41. The fourth-order valence-corrected chi connectivity index (χ4v) is 3.80. The average Bonchev–Trinajstić information content (AvgIpc) is 3.26. The zero-order valence-electron chi connectivity index (χ0n) is 14.7. The molecule has 2 heterocycles. The number of ether oxygens (including phenoxy) is 1. The number of fused-ring (bicyclic) bond motifs is 1. The van der Waals surface area contributed by atoms with Gasteiger partial charge in [-0.1, -0.05) is 35.3 Å². The van der Waals surface area contributed by atoms with E-state index in [0.29, 0.717) is 21.5 Å². The van der Waals surface area contributed by atoms with E-state index < -0.39 is 6.10 Å². The van der Waals surface area contributed by atoms with Crippen LogP contribution < -0.4 is 10.1 Å². The van der Waals surface area contributed by atoms with Crippen LogP contribution in [0.25, 0.3) is 16.2 Å². The minimum Gasteiger partial charge on any atom is -0.479 e. The van der Waals surface area contributed by atoms with Crippen molar-refractivity contribution in [1.82, 2.24) is 9.38 Å². The number of carbonyl (C=O) groups is 1. The van der Waals surface area contributed by atoms with Gasteiger partial charge in [-0.15, -0.1) is 11.3 Å². The summed E-state index contributed by atoms with van der Waals surface area (Å²) in [6.07, 6.45) is 3.23. The molecule has 0 saturated carbocycles. The van der Waals surface area contributed by atoms with E-state index in [0.717, 1.165) is 16.2 Å². The maximum Gasteiger partial charge on any atom is 0.265 e. The lowest BCUT2D eigenvalue weighted by atomic mass is 10.1. The van der Waals surface area contributed by atoms with Gasteiger partial charge in [-0.2, -0.15) is 0 Å². The molecule has 4 rings (SSSR count). The highest BCUT2D eigenvalue weighted by Crippen LogP contribution is 2.28. The monoisotopic (exact) mass is 431 g/mol. The van der Waals surface area contributed by atoms with Crippen LogP contribution in [0.1, 0.15) is 6.92 Å². The molecule has 0 bridgehead atoms. The van der Waals surface area contributed by atoms with Crippen LogP contribution in [-0.2, 0) is 4.79 Å². The summed E-state index contributed by atoms with van der Waals surface area (Å²) in [5.41, 5.74) is 2.54. The van der Waals surface area contributed by atoms with E-state index in [1.54, 1.807) is 36.5 Å². The van der Waals surface area contributed by atoms with Gasteiger partial charge >= 0.3 is 0 Å². The molecule has 1 atom stereocenters. The van der Waals surface area contributed by atoms with Crippen molar-refractivity contribution in [3.63, 3.8) is 0 Å². The second-order valence-corrected chi connectivity index (χ2v) is 7.84. The highest BCUT2D eigenvalue weighted by molar-refractivity contribution is 7.15. The quantitative estimate of drug-likeness (QED) is 0.435. The highest BCUT2D eigenvalue weighted by atomic mass is 35.5. The Morgan fingerprint density at radius 3 is 2.71 bits per heavy atom. The summed E-state index contributed by atoms with van der Waals surface area (Å²) in [4.78, 5) is 17.9. The molecule has 0 aliphatic rings. The fourth-order valence-electron chi connectivity index (χ4n) is 2.65. The van der Waals surface area contributed by atoms with Crippen molar-refractivity contribution in [3.05, 3.63) is 70.3 Å². The van der Waals surface area contributed by atoms with Crippen molar-refractivity contribution >= 4 is 51.1 Å². The Labute approximate surface area is 175 Å². The Kier molecular flexibility index (Phi) is 5.26. The number of nitrogens with one attached hydrogen (secondary N) is 1. The van der Waals surface area contributed by atoms with Crippen LogP contribution in [-0.4, -0.2) is 21.4 Å². The molecule has 0 unspecified atom stereocenters. The van der Waals surface area contributed by atoms with Crippen molar-refractivity contribution in [3.8, 4) is 17.0 Å². The summed E-state index contributed by atoms with van der Waals surface area (Å²) in [5.74, 6) is 0.130. The predicted molar refractivity (Wildman–Crippen MR) is 114 cm³/mol. The van der Waals surface area contributed by atoms with E-state index in [9.17, 15) is 4.79 Å². The molecular weight excluding hydrogens is 417 g/mol. The number of rotatable bonds is 5. The first-order valence-corrected chi connectivity index (χ1v) is 10.1. The number of amides is 1. The van der Waals surface area contributed by atoms with Gasteiger partial charge in [-0.25, -0.2) is 4.98 Å². The third kappa shape index (κ3) is 3.99. The molecule has 28 heavy (non-hydrogen) atoms. The van der Waals surface area contributed by atoms with Crippen molar-refractivity contribution < 1.29 is 9.53 Å². The zero-order valence-corrected chi connectivity index (χ0v) is 17.1. The second-order valence-electron chi connectivity index (χ2n) is 6.12. The molecule has 8 heteroatoms. The molecule has 0 fully saturated rings. The molecule has 0 aliphatic carbocycles. The van der Waals surface area contributed by atoms with Crippen LogP contribution in [0.4, 0.5) is 5.69 Å². The number of benzene rings is 2. The molecule has 2 aromatic carbocycles. The molecule has 0 spiro atoms. The van der Waals surface area contributed by atoms with Crippen LogP contribution in [0.15, 0.2) is 60.2 Å². The Bertz CT molecular complexity index is 1110. The summed E-state index contributed by atoms with van der Waals surface area (Å²) in [7, 11) is 0. The maximum atomic E-state index is 12.4. The van der Waals surface area contributed by atoms with Crippen molar-refractivity contribution in [2.75, 3.05) is 5.32 Å². The Morgan fingerprint density at radius 1 is 1.21 bits per heavy atom. The van der Waals surface area contributed by atoms with Gasteiger partial charge in [0.2, 0.25) is 0 Å². The standard InChI is InChI=1S/C20H15Cl2N3O2S/c1-12(27-18-7-4-14(21)10-16(18)22)19(26)23-15-5-2-13(3-6-15)17-11-25-8-9-28-20(25)24-17/h2-12H,1H3,(H,23,26)/t12-/m1/s1. The van der Waals surface area contributed by atoms with Gasteiger partial charge in [0.05, 0.1) is 10.7 Å². The summed E-state index contributed by atoms with van der Waals surface area (Å²) < 4.78 is 7.62. The smallest absolute Gasteiger partial charge is 0.265 e. The van der Waals surface area contributed by atoms with Crippen LogP contribution in [0.2, 0.25) is 10.0 Å². The zero-order chi connectivity index (χ0) is 19.7. The molecule has 0 radical (unpaired) electrons. The van der Waals surface area contributed by atoms with Gasteiger partial charge in [-0.05, 0) is 37.3 Å². The van der Waals surface area contributed by atoms with Crippen LogP contribution in [0.3, 0.4) is 0 Å². The van der Waals surface area contributed by atoms with Crippen molar-refractivity contribution in [2.45, 2.75) is 13.0 Å². The van der Waals surface area contributed by atoms with Gasteiger partial charge in [0.1, 0.15) is 5.75 Å². The van der Waals surface area contributed by atoms with E-state index in [1.807, 2.05) is 46.4 Å². The normalized spacial score (nSPS) is 12.1. The predicted octanol–water partition coefficient (Wildman–Crippen LogP) is 5.78. The van der Waals surface area contributed by atoms with E-state index in [2.05, 4.69) is 10.3 Å². The van der Waals surface area contributed by atoms with Gasteiger partial charge < -0.3 is 10.1 Å². The van der Waals surface area contributed by atoms with Crippen LogP contribution >= 0.6 is 34.5 Å². The highest BCUT2D eigenvalue weighted by Gasteiger charge is 2.16. The van der Waals surface area contributed by atoms with E-state index in [-0.39, 0.29) is 5.91 Å². The number of carbonyl (C=O) groups excluding carboxylic acids is 1. The first kappa shape index (κ1) is 18.8. The Hall–Kier alpha value is -2.54. The number of nitrogens with zero attached hydrogens (tertiary/aromatic N) is 2. The minimum atomic E-state index is -0.724. The first-order valence-electron chi connectivity index (χ1n) is 8.45. The van der Waals surface area contributed by atoms with Gasteiger partial charge in [0.15, 0.2) is 11.1 Å². The fraction of sp³-hybridized carbons (Fsp3) is 0.100. The third-order valence-corrected chi connectivity index (χ3v) is 5.41. The molecule has 0 saturated heterocycles. The lowest BCUT2D eigenvalue weighted by molar-refractivity contribution is -0.122. The molecule has 1 N–H and O–H groups in total. The largest absolute Gasteiger partial charge is 0.479 e. The molecule has 1 amide bonds. The summed E-state index contributed by atoms with van der Waals surface area (Å²) in [6, 6.07) is 12.4. The number of hydrogen-bond acceptors (Lipinski definition) is 4. The topological polar surface area (TPSA) is 55.6 Å². The number of thiazole rings is 1. The number of anilines is 1. The average molecular weight is 432 g/mol. The van der Waals surface area contributed by atoms with Gasteiger partial charge in [-0.3, -0.25) is 9.20 Å². The summed E-state index contributed by atoms with van der Waals surface area (Å²) in [6.45, 7) is 1.66. The van der Waals surface area contributed by atoms with E-state index in [4.69, 9.17) is 27.9 Å². The number of hydrogen-bond donors (Lipinski definition) is 1. The maximum absolute atomic E-state index is 12.4. The molecule has 4 aromatic rings. The first-order chi connectivity index (χ1) is 13.5. The molecule has 5 nitrogen and oxygen atoms in total. The van der Waals surface area contributed by atoms with Crippen LogP contribution in [0.5, 0.6) is 5.75 Å². The number of halogens is 2. The molecule has 0 aliphatic heterocycles. The summed E-state index contributed by atoms with van der Waals surface area (Å²) >= 11 is 13.5. The second kappa shape index (κ2) is 7.83. The lowest BCUT2D eigenvalue weighted by Crippen LogP contribution is -2.30. The molecule has 2 aromatic heterocycles. The summed E-state index contributed by atoms with van der Waals surface area (Å²) in [5, 5.41) is 5.69. The van der Waals surface area contributed by atoms with Gasteiger partial charge in [0.25, 0.3) is 5.91 Å². The minimum absolute atomic E-state index is 0.277.